The molecular formula is C144H78N6. The minimum absolute atomic E-state index is 1.15. The SMILES string of the molecule is c1ccc2c(-c3cc4c5ccccc5c5cc6c(cc7c8ccccc8c8c(-c9cncc%10ccccc9%10)ccc6c78)c(c3)c45)cncc2c1.c1ccc2c(-c3cc4c5ccccc5c5cc6c(cc7c8ccccc8c8cc(-c9cncc%10ccccc9%10)cc6c87)c(c3)c45)cncc2c1.c1ccc2c(-c3ccc4c5cc6c7ccccc7c7c(-c8cncc9ccccc89)ccc(c5cc5c8ccccc8c3c45)c67)cncc2c1. The summed E-state index contributed by atoms with van der Waals surface area (Å²) in [6.45, 7) is 0. The first-order chi connectivity index (χ1) is 74.4. The van der Waals surface area contributed by atoms with E-state index in [-0.39, 0.29) is 0 Å². The summed E-state index contributed by atoms with van der Waals surface area (Å²) in [6, 6.07) is 149. The molecule has 30 aromatic carbocycles. The summed E-state index contributed by atoms with van der Waals surface area (Å²) >= 11 is 0. The molecule has 6 heteroatoms. The van der Waals surface area contributed by atoms with Gasteiger partial charge in [-0.3, -0.25) is 29.9 Å². The molecule has 0 amide bonds. The molecule has 6 heterocycles. The highest BCUT2D eigenvalue weighted by molar-refractivity contribution is 6.48. The van der Waals surface area contributed by atoms with E-state index in [1.165, 1.54) is 309 Å². The highest BCUT2D eigenvalue weighted by Crippen LogP contribution is 2.58. The van der Waals surface area contributed by atoms with Gasteiger partial charge in [-0.1, -0.05) is 328 Å². The van der Waals surface area contributed by atoms with Gasteiger partial charge in [0.15, 0.2) is 0 Å². The Bertz CT molecular complexity index is 11800. The van der Waals surface area contributed by atoms with Crippen molar-refractivity contribution in [1.29, 1.82) is 0 Å². The van der Waals surface area contributed by atoms with Crippen LogP contribution in [0.4, 0.5) is 0 Å². The van der Waals surface area contributed by atoms with E-state index in [0.29, 0.717) is 0 Å². The average Bonchev–Trinajstić information content (AvgIpc) is 1.52. The van der Waals surface area contributed by atoms with E-state index in [9.17, 15) is 0 Å². The van der Waals surface area contributed by atoms with Crippen molar-refractivity contribution in [3.8, 4) is 66.8 Å². The summed E-state index contributed by atoms with van der Waals surface area (Å²) in [6.07, 6.45) is 24.0. The summed E-state index contributed by atoms with van der Waals surface area (Å²) in [7, 11) is 0. The normalized spacial score (nSPS) is 12.4. The van der Waals surface area contributed by atoms with E-state index >= 15 is 0 Å². The third-order valence-corrected chi connectivity index (χ3v) is 33.8. The first-order valence-corrected chi connectivity index (χ1v) is 51.7. The Morgan fingerprint density at radius 1 is 0.0867 bits per heavy atom. The van der Waals surface area contributed by atoms with Crippen molar-refractivity contribution in [2.24, 2.45) is 0 Å². The molecule has 0 saturated heterocycles. The number of benzene rings is 24. The van der Waals surface area contributed by atoms with E-state index < -0.39 is 0 Å². The van der Waals surface area contributed by atoms with Crippen molar-refractivity contribution < 1.29 is 0 Å². The number of hydrogen-bond acceptors (Lipinski definition) is 6. The van der Waals surface area contributed by atoms with E-state index in [1.54, 1.807) is 0 Å². The Hall–Kier alpha value is -19.9. The van der Waals surface area contributed by atoms with Gasteiger partial charge in [-0.25, -0.2) is 0 Å². The first kappa shape index (κ1) is 81.5. The molecule has 150 heavy (non-hydrogen) atoms. The van der Waals surface area contributed by atoms with Crippen LogP contribution in [0.3, 0.4) is 0 Å². The van der Waals surface area contributed by atoms with Crippen molar-refractivity contribution in [2.75, 3.05) is 0 Å². The van der Waals surface area contributed by atoms with Gasteiger partial charge < -0.3 is 0 Å². The molecule has 0 saturated carbocycles. The summed E-state index contributed by atoms with van der Waals surface area (Å²) in [4.78, 5) is 28.2. The minimum atomic E-state index is 1.15. The van der Waals surface area contributed by atoms with Crippen LogP contribution < -0.4 is 0 Å². The molecule has 0 aliphatic carbocycles. The number of fused-ring (bicyclic) bond motifs is 33. The van der Waals surface area contributed by atoms with Crippen LogP contribution in [0.2, 0.25) is 0 Å². The molecule has 0 aliphatic rings. The number of rotatable bonds is 6. The van der Waals surface area contributed by atoms with Gasteiger partial charge in [-0.05, 0) is 365 Å². The average molecular weight is 1890 g/mol. The zero-order chi connectivity index (χ0) is 97.5. The lowest BCUT2D eigenvalue weighted by Gasteiger charge is -2.14. The van der Waals surface area contributed by atoms with Gasteiger partial charge in [0.25, 0.3) is 0 Å². The van der Waals surface area contributed by atoms with E-state index in [1.807, 2.05) is 74.4 Å². The van der Waals surface area contributed by atoms with E-state index in [0.717, 1.165) is 49.0 Å². The first-order valence-electron chi connectivity index (χ1n) is 51.7. The lowest BCUT2D eigenvalue weighted by atomic mass is 9.89. The standard InChI is InChI=1S/3C48H26N2/c1-3-11-31-27(9-1)23-49-25-45(31)29-17-39-33-13-5-7-15-35(33)43-22-38-37(41(19-29)47(39)43)21-44-36-16-8-6-14-34(36)40-18-30(20-42(38)48(40)44)46-26-50-24-28-10-2-4-12-32(28)46;1-3-11-29-27(9-1)23-49-25-43(29)37-19-17-35-39-22-42-32-14-6-8-16-34(32)46-38(44-26-50-24-28-10-2-4-12-30(28)44)20-18-36(48(42)46)40(39)21-41-31-13-5-7-15-33(31)45(37)47(35)41;1-3-11-30-27(9-1)23-49-25-44(30)29-19-40-32-13-5-6-14-33(32)42-21-38-36-17-18-37(45-26-50-24-28-10-2-4-12-31(28)45)47-35-16-8-7-15-34(35)43(48(36)47)22-39(38)41(20-29)46(40)42/h3*1-26H. The molecule has 0 fully saturated rings. The van der Waals surface area contributed by atoms with Gasteiger partial charge in [0.2, 0.25) is 0 Å². The van der Waals surface area contributed by atoms with Crippen molar-refractivity contribution in [2.45, 2.75) is 0 Å². The molecular weight excluding hydrogens is 1810 g/mol. The van der Waals surface area contributed by atoms with Gasteiger partial charge in [-0.2, -0.15) is 0 Å². The molecule has 36 aromatic rings. The van der Waals surface area contributed by atoms with Crippen molar-refractivity contribution in [3.05, 3.63) is 475 Å². The molecule has 0 spiro atoms. The van der Waals surface area contributed by atoms with Crippen LogP contribution in [0.5, 0.6) is 0 Å². The Labute approximate surface area is 855 Å². The Morgan fingerprint density at radius 2 is 0.240 bits per heavy atom. The highest BCUT2D eigenvalue weighted by atomic mass is 14.7. The maximum Gasteiger partial charge on any atom is 0.0353 e. The molecule has 6 aromatic heterocycles. The van der Waals surface area contributed by atoms with Gasteiger partial charge in [0.05, 0.1) is 0 Å². The zero-order valence-electron chi connectivity index (χ0n) is 80.7. The second-order valence-corrected chi connectivity index (χ2v) is 41.1. The minimum Gasteiger partial charge on any atom is -0.263 e. The lowest BCUT2D eigenvalue weighted by Crippen LogP contribution is -1.88. The summed E-state index contributed by atoms with van der Waals surface area (Å²) in [5.41, 5.74) is 14.3. The Balaban J connectivity index is 0.0000000957. The maximum absolute atomic E-state index is 4.70. The summed E-state index contributed by atoms with van der Waals surface area (Å²) in [5, 5.41) is 69.0. The predicted molar refractivity (Wildman–Crippen MR) is 638 cm³/mol. The van der Waals surface area contributed by atoms with Crippen LogP contribution >= 0.6 is 0 Å². The second-order valence-electron chi connectivity index (χ2n) is 41.1. The fraction of sp³-hybridized carbons (Fsp3) is 0. The van der Waals surface area contributed by atoms with Crippen LogP contribution in [0, 0.1) is 0 Å². The Morgan fingerprint density at radius 3 is 0.467 bits per heavy atom. The smallest absolute Gasteiger partial charge is 0.0353 e. The predicted octanol–water partition coefficient (Wildman–Crippen LogP) is 39.2. The van der Waals surface area contributed by atoms with Gasteiger partial charge >= 0.3 is 0 Å². The van der Waals surface area contributed by atoms with Crippen LogP contribution in [0.1, 0.15) is 0 Å². The van der Waals surface area contributed by atoms with Crippen molar-refractivity contribution in [1.82, 2.24) is 29.9 Å². The highest BCUT2D eigenvalue weighted by Gasteiger charge is 2.30. The monoisotopic (exact) mass is 1890 g/mol. The Kier molecular flexibility index (Phi) is 16.7. The molecule has 0 atom stereocenters. The van der Waals surface area contributed by atoms with Gasteiger partial charge in [0.1, 0.15) is 0 Å². The van der Waals surface area contributed by atoms with Gasteiger partial charge in [0, 0.05) is 140 Å². The number of hydrogen-bond donors (Lipinski definition) is 0. The lowest BCUT2D eigenvalue weighted by molar-refractivity contribution is 1.36. The number of nitrogens with zero attached hydrogens (tertiary/aromatic N) is 6. The van der Waals surface area contributed by atoms with Crippen LogP contribution in [-0.2, 0) is 0 Å². The summed E-state index contributed by atoms with van der Waals surface area (Å²) in [5.74, 6) is 0. The molecule has 0 unspecified atom stereocenters. The zero-order valence-corrected chi connectivity index (χ0v) is 80.7. The molecule has 0 bridgehead atoms. The third kappa shape index (κ3) is 11.3. The summed E-state index contributed by atoms with van der Waals surface area (Å²) < 4.78 is 0. The molecule has 0 N–H and O–H groups in total. The maximum atomic E-state index is 4.70. The molecule has 0 aliphatic heterocycles. The molecule has 6 nitrogen and oxygen atoms in total. The second kappa shape index (κ2) is 30.8. The fourth-order valence-corrected chi connectivity index (χ4v) is 27.4. The molecule has 36 rings (SSSR count). The van der Waals surface area contributed by atoms with E-state index in [4.69, 9.17) is 29.9 Å². The van der Waals surface area contributed by atoms with E-state index in [2.05, 4.69) is 400 Å². The number of aromatic nitrogens is 6. The molecule has 0 radical (unpaired) electrons. The van der Waals surface area contributed by atoms with Crippen LogP contribution in [-0.4, -0.2) is 29.9 Å². The van der Waals surface area contributed by atoms with Gasteiger partial charge in [-0.15, -0.1) is 0 Å². The number of pyridine rings is 6. The largest absolute Gasteiger partial charge is 0.263 e. The molecule has 684 valence electrons. The van der Waals surface area contributed by atoms with Crippen molar-refractivity contribution in [3.63, 3.8) is 0 Å². The van der Waals surface area contributed by atoms with Crippen LogP contribution in [0.15, 0.2) is 475 Å². The van der Waals surface area contributed by atoms with Crippen molar-refractivity contribution >= 4 is 291 Å². The van der Waals surface area contributed by atoms with Crippen LogP contribution in [0.25, 0.3) is 358 Å². The third-order valence-electron chi connectivity index (χ3n) is 33.8. The quantitative estimate of drug-likeness (QED) is 0.154. The fourth-order valence-electron chi connectivity index (χ4n) is 27.4. The topological polar surface area (TPSA) is 77.3 Å².